The fourth-order valence-corrected chi connectivity index (χ4v) is 2.87. The highest BCUT2D eigenvalue weighted by atomic mass is 16.5. The lowest BCUT2D eigenvalue weighted by molar-refractivity contribution is -0.138. The molecule has 0 bridgehead atoms. The van der Waals surface area contributed by atoms with Gasteiger partial charge in [0.05, 0.1) is 6.61 Å². The van der Waals surface area contributed by atoms with Gasteiger partial charge in [0, 0.05) is 5.57 Å². The van der Waals surface area contributed by atoms with E-state index in [1.165, 1.54) is 0 Å². The zero-order chi connectivity index (χ0) is 21.2. The van der Waals surface area contributed by atoms with Crippen LogP contribution >= 0.6 is 0 Å². The van der Waals surface area contributed by atoms with E-state index in [0.717, 1.165) is 16.7 Å². The molecule has 3 aromatic carbocycles. The molecule has 3 aromatic rings. The average Bonchev–Trinajstić information content (AvgIpc) is 2.78. The highest BCUT2D eigenvalue weighted by Gasteiger charge is 2.10. The lowest BCUT2D eigenvalue weighted by Crippen LogP contribution is -2.05. The molecule has 4 nitrogen and oxygen atoms in total. The third-order valence-corrected chi connectivity index (χ3v) is 4.42. The van der Waals surface area contributed by atoms with Crippen LogP contribution in [0.5, 0.6) is 11.5 Å². The second kappa shape index (κ2) is 10.9. The molecule has 0 atom stereocenters. The molecule has 0 unspecified atom stereocenters. The summed E-state index contributed by atoms with van der Waals surface area (Å²) in [6, 6.07) is 25.6. The van der Waals surface area contributed by atoms with Gasteiger partial charge >= 0.3 is 5.97 Å². The van der Waals surface area contributed by atoms with E-state index < -0.39 is 0 Å². The van der Waals surface area contributed by atoms with Gasteiger partial charge in [-0.05, 0) is 48.7 Å². The SMILES string of the molecule is CCOC(=O)/C(C)=C/c1ccc(OCc2ccccc2)c(OCc2ccccc2)c1. The van der Waals surface area contributed by atoms with Crippen molar-refractivity contribution in [2.45, 2.75) is 27.1 Å². The summed E-state index contributed by atoms with van der Waals surface area (Å²) >= 11 is 0. The van der Waals surface area contributed by atoms with Gasteiger partial charge in [-0.25, -0.2) is 4.79 Å². The van der Waals surface area contributed by atoms with Crippen LogP contribution in [0.15, 0.2) is 84.4 Å². The molecule has 0 saturated carbocycles. The topological polar surface area (TPSA) is 44.8 Å². The number of carbonyl (C=O) groups is 1. The van der Waals surface area contributed by atoms with E-state index in [-0.39, 0.29) is 5.97 Å². The van der Waals surface area contributed by atoms with Crippen molar-refractivity contribution in [3.05, 3.63) is 101 Å². The van der Waals surface area contributed by atoms with Crippen molar-refractivity contribution in [2.24, 2.45) is 0 Å². The van der Waals surface area contributed by atoms with Crippen LogP contribution in [0.2, 0.25) is 0 Å². The van der Waals surface area contributed by atoms with Crippen molar-refractivity contribution < 1.29 is 19.0 Å². The zero-order valence-corrected chi connectivity index (χ0v) is 17.3. The quantitative estimate of drug-likeness (QED) is 0.335. The van der Waals surface area contributed by atoms with Gasteiger partial charge in [0.2, 0.25) is 0 Å². The first-order valence-corrected chi connectivity index (χ1v) is 9.98. The normalized spacial score (nSPS) is 11.1. The molecule has 4 heteroatoms. The number of esters is 1. The predicted octanol–water partition coefficient (Wildman–Crippen LogP) is 5.81. The first-order valence-electron chi connectivity index (χ1n) is 9.98. The molecule has 154 valence electrons. The number of benzene rings is 3. The minimum Gasteiger partial charge on any atom is -0.485 e. The lowest BCUT2D eigenvalue weighted by atomic mass is 10.1. The molecular weight excluding hydrogens is 376 g/mol. The summed E-state index contributed by atoms with van der Waals surface area (Å²) in [5.41, 5.74) is 3.52. The van der Waals surface area contributed by atoms with Crippen molar-refractivity contribution in [2.75, 3.05) is 6.61 Å². The van der Waals surface area contributed by atoms with Crippen LogP contribution in [0.4, 0.5) is 0 Å². The minimum absolute atomic E-state index is 0.325. The Kier molecular flexibility index (Phi) is 7.67. The Morgan fingerprint density at radius 2 is 1.37 bits per heavy atom. The molecule has 0 heterocycles. The molecule has 0 N–H and O–H groups in total. The Hall–Kier alpha value is -3.53. The van der Waals surface area contributed by atoms with Crippen molar-refractivity contribution in [3.8, 4) is 11.5 Å². The van der Waals surface area contributed by atoms with Gasteiger partial charge in [-0.1, -0.05) is 66.7 Å². The monoisotopic (exact) mass is 402 g/mol. The molecule has 0 aliphatic rings. The second-order valence-electron chi connectivity index (χ2n) is 6.80. The van der Waals surface area contributed by atoms with E-state index in [9.17, 15) is 4.79 Å². The van der Waals surface area contributed by atoms with Crippen LogP contribution in [-0.2, 0) is 22.7 Å². The van der Waals surface area contributed by atoms with Crippen molar-refractivity contribution in [1.29, 1.82) is 0 Å². The number of hydrogen-bond donors (Lipinski definition) is 0. The van der Waals surface area contributed by atoms with Gasteiger partial charge in [0.25, 0.3) is 0 Å². The number of hydrogen-bond acceptors (Lipinski definition) is 4. The fourth-order valence-electron chi connectivity index (χ4n) is 2.87. The van der Waals surface area contributed by atoms with Gasteiger partial charge in [0.15, 0.2) is 11.5 Å². The van der Waals surface area contributed by atoms with Crippen molar-refractivity contribution >= 4 is 12.0 Å². The largest absolute Gasteiger partial charge is 0.485 e. The smallest absolute Gasteiger partial charge is 0.333 e. The first kappa shape index (κ1) is 21.2. The van der Waals surface area contributed by atoms with Gasteiger partial charge in [-0.15, -0.1) is 0 Å². The maximum absolute atomic E-state index is 11.9. The Morgan fingerprint density at radius 1 is 0.800 bits per heavy atom. The van der Waals surface area contributed by atoms with Crippen LogP contribution in [-0.4, -0.2) is 12.6 Å². The molecule has 0 amide bonds. The minimum atomic E-state index is -0.325. The third kappa shape index (κ3) is 6.24. The van der Waals surface area contributed by atoms with E-state index in [1.54, 1.807) is 19.9 Å². The summed E-state index contributed by atoms with van der Waals surface area (Å²) in [4.78, 5) is 11.9. The molecule has 0 aliphatic carbocycles. The van der Waals surface area contributed by atoms with Gasteiger partial charge in [-0.2, -0.15) is 0 Å². The highest BCUT2D eigenvalue weighted by Crippen LogP contribution is 2.31. The number of carbonyl (C=O) groups excluding carboxylic acids is 1. The Balaban J connectivity index is 1.81. The summed E-state index contributed by atoms with van der Waals surface area (Å²) < 4.78 is 17.2. The summed E-state index contributed by atoms with van der Waals surface area (Å²) in [5.74, 6) is 0.953. The van der Waals surface area contributed by atoms with Crippen molar-refractivity contribution in [3.63, 3.8) is 0 Å². The number of ether oxygens (including phenoxy) is 3. The molecule has 0 aromatic heterocycles. The molecule has 0 radical (unpaired) electrons. The second-order valence-corrected chi connectivity index (χ2v) is 6.80. The zero-order valence-electron chi connectivity index (χ0n) is 17.3. The summed E-state index contributed by atoms with van der Waals surface area (Å²) in [6.07, 6.45) is 1.79. The predicted molar refractivity (Wildman–Crippen MR) is 118 cm³/mol. The Morgan fingerprint density at radius 3 is 1.93 bits per heavy atom. The van der Waals surface area contributed by atoms with Gasteiger partial charge in [0.1, 0.15) is 13.2 Å². The van der Waals surface area contributed by atoms with Crippen LogP contribution in [0.3, 0.4) is 0 Å². The van der Waals surface area contributed by atoms with E-state index in [0.29, 0.717) is 36.9 Å². The first-order chi connectivity index (χ1) is 14.7. The van der Waals surface area contributed by atoms with Crippen LogP contribution in [0, 0.1) is 0 Å². The molecule has 30 heavy (non-hydrogen) atoms. The maximum atomic E-state index is 11.9. The van der Waals surface area contributed by atoms with Crippen LogP contribution in [0.25, 0.3) is 6.08 Å². The standard InChI is InChI=1S/C26H26O4/c1-3-28-26(27)20(2)16-23-14-15-24(29-18-21-10-6-4-7-11-21)25(17-23)30-19-22-12-8-5-9-13-22/h4-17H,3,18-19H2,1-2H3/b20-16+. The van der Waals surface area contributed by atoms with Crippen LogP contribution in [0.1, 0.15) is 30.5 Å². The summed E-state index contributed by atoms with van der Waals surface area (Å²) in [5, 5.41) is 0. The van der Waals surface area contributed by atoms with Crippen LogP contribution < -0.4 is 9.47 Å². The molecule has 0 spiro atoms. The fraction of sp³-hybridized carbons (Fsp3) is 0.192. The maximum Gasteiger partial charge on any atom is 0.333 e. The van der Waals surface area contributed by atoms with Gasteiger partial charge in [-0.3, -0.25) is 0 Å². The van der Waals surface area contributed by atoms with Gasteiger partial charge < -0.3 is 14.2 Å². The summed E-state index contributed by atoms with van der Waals surface area (Å²) in [6.45, 7) is 4.75. The van der Waals surface area contributed by atoms with E-state index >= 15 is 0 Å². The third-order valence-electron chi connectivity index (χ3n) is 4.42. The molecule has 0 fully saturated rings. The highest BCUT2D eigenvalue weighted by molar-refractivity contribution is 5.93. The lowest BCUT2D eigenvalue weighted by Gasteiger charge is -2.14. The molecule has 3 rings (SSSR count). The van der Waals surface area contributed by atoms with E-state index in [4.69, 9.17) is 14.2 Å². The van der Waals surface area contributed by atoms with E-state index in [2.05, 4.69) is 0 Å². The Bertz CT molecular complexity index is 978. The number of rotatable bonds is 9. The molecule has 0 saturated heterocycles. The van der Waals surface area contributed by atoms with E-state index in [1.807, 2.05) is 78.9 Å². The summed E-state index contributed by atoms with van der Waals surface area (Å²) in [7, 11) is 0. The molecular formula is C26H26O4. The molecule has 0 aliphatic heterocycles. The van der Waals surface area contributed by atoms with Crippen molar-refractivity contribution in [1.82, 2.24) is 0 Å². The Labute approximate surface area is 177 Å². The average molecular weight is 402 g/mol.